The quantitative estimate of drug-likeness (QED) is 0.538. The molecular weight excluding hydrogens is 176 g/mol. The maximum Gasteiger partial charge on any atom is 0.223 e. The zero-order chi connectivity index (χ0) is 10.6. The van der Waals surface area contributed by atoms with Gasteiger partial charge < -0.3 is 0 Å². The summed E-state index contributed by atoms with van der Waals surface area (Å²) in [5, 5.41) is 0. The van der Waals surface area contributed by atoms with Crippen LogP contribution in [0.4, 0.5) is 0 Å². The van der Waals surface area contributed by atoms with E-state index in [0.29, 0.717) is 5.57 Å². The van der Waals surface area contributed by atoms with Crippen molar-refractivity contribution in [1.82, 2.24) is 0 Å². The number of carbonyl (C=O) groups excluding carboxylic acids is 2. The first-order chi connectivity index (χ1) is 6.61. The normalized spacial score (nSPS) is 11.1. The van der Waals surface area contributed by atoms with Gasteiger partial charge in [-0.15, -0.1) is 0 Å². The van der Waals surface area contributed by atoms with Gasteiger partial charge >= 0.3 is 0 Å². The highest BCUT2D eigenvalue weighted by Crippen LogP contribution is 2.06. The lowest BCUT2D eigenvalue weighted by Crippen LogP contribution is -2.09. The molecular formula is C12H12O2. The van der Waals surface area contributed by atoms with Crippen LogP contribution in [0, 0.1) is 0 Å². The van der Waals surface area contributed by atoms with E-state index in [1.807, 2.05) is 30.3 Å². The first-order valence-electron chi connectivity index (χ1n) is 4.40. The molecule has 1 aromatic rings. The molecule has 2 heteroatoms. The van der Waals surface area contributed by atoms with E-state index in [0.717, 1.165) is 5.56 Å². The molecule has 0 N–H and O–H groups in total. The van der Waals surface area contributed by atoms with Crippen LogP contribution in [-0.4, -0.2) is 11.6 Å². The minimum absolute atomic E-state index is 0.422. The second-order valence-electron chi connectivity index (χ2n) is 3.12. The van der Waals surface area contributed by atoms with Gasteiger partial charge in [0.1, 0.15) is 0 Å². The summed E-state index contributed by atoms with van der Waals surface area (Å²) < 4.78 is 0. The highest BCUT2D eigenvalue weighted by atomic mass is 16.2. The number of Topliss-reactive ketones (excluding diaryl/α,β-unsaturated/α-hetero) is 2. The zero-order valence-corrected chi connectivity index (χ0v) is 8.28. The summed E-state index contributed by atoms with van der Waals surface area (Å²) >= 11 is 0. The van der Waals surface area contributed by atoms with Gasteiger partial charge in [0.2, 0.25) is 5.78 Å². The minimum Gasteiger partial charge on any atom is -0.291 e. The molecule has 0 aliphatic heterocycles. The van der Waals surface area contributed by atoms with E-state index in [-0.39, 0.29) is 0 Å². The van der Waals surface area contributed by atoms with Crippen molar-refractivity contribution in [2.75, 3.05) is 0 Å². The van der Waals surface area contributed by atoms with Crippen molar-refractivity contribution in [2.45, 2.75) is 13.8 Å². The van der Waals surface area contributed by atoms with E-state index in [1.54, 1.807) is 13.0 Å². The maximum atomic E-state index is 11.2. The lowest BCUT2D eigenvalue weighted by molar-refractivity contribution is -0.133. The fraction of sp³-hybridized carbons (Fsp3) is 0.167. The van der Waals surface area contributed by atoms with Gasteiger partial charge in [-0.1, -0.05) is 30.3 Å². The van der Waals surface area contributed by atoms with E-state index >= 15 is 0 Å². The Kier molecular flexibility index (Phi) is 3.35. The molecule has 14 heavy (non-hydrogen) atoms. The lowest BCUT2D eigenvalue weighted by Gasteiger charge is -1.96. The zero-order valence-electron chi connectivity index (χ0n) is 8.28. The summed E-state index contributed by atoms with van der Waals surface area (Å²) in [4.78, 5) is 22.0. The molecule has 0 fully saturated rings. The van der Waals surface area contributed by atoms with Crippen molar-refractivity contribution < 1.29 is 9.59 Å². The largest absolute Gasteiger partial charge is 0.291 e. The van der Waals surface area contributed by atoms with Crippen molar-refractivity contribution in [2.24, 2.45) is 0 Å². The fourth-order valence-corrected chi connectivity index (χ4v) is 1.14. The van der Waals surface area contributed by atoms with Crippen molar-refractivity contribution >= 4 is 17.6 Å². The third-order valence-electron chi connectivity index (χ3n) is 1.86. The number of hydrogen-bond acceptors (Lipinski definition) is 2. The maximum absolute atomic E-state index is 11.2. The Morgan fingerprint density at radius 2 is 1.64 bits per heavy atom. The molecule has 0 bridgehead atoms. The highest BCUT2D eigenvalue weighted by Gasteiger charge is 2.09. The molecule has 1 rings (SSSR count). The Morgan fingerprint density at radius 1 is 1.07 bits per heavy atom. The van der Waals surface area contributed by atoms with Crippen LogP contribution in [0.25, 0.3) is 6.08 Å². The Balaban J connectivity index is 2.90. The van der Waals surface area contributed by atoms with E-state index < -0.39 is 11.6 Å². The standard InChI is InChI=1S/C12H12O2/c1-9(12(14)10(2)13)8-11-6-4-3-5-7-11/h3-8H,1-2H3. The van der Waals surface area contributed by atoms with Crippen molar-refractivity contribution in [1.29, 1.82) is 0 Å². The number of ketones is 2. The second-order valence-corrected chi connectivity index (χ2v) is 3.12. The first-order valence-corrected chi connectivity index (χ1v) is 4.40. The summed E-state index contributed by atoms with van der Waals surface area (Å²) in [5.74, 6) is -0.844. The Bertz CT molecular complexity index is 375. The van der Waals surface area contributed by atoms with Gasteiger partial charge in [-0.2, -0.15) is 0 Å². The summed E-state index contributed by atoms with van der Waals surface area (Å²) in [6.07, 6.45) is 1.71. The number of rotatable bonds is 3. The smallest absolute Gasteiger partial charge is 0.223 e. The third-order valence-corrected chi connectivity index (χ3v) is 1.86. The fourth-order valence-electron chi connectivity index (χ4n) is 1.14. The third kappa shape index (κ3) is 2.66. The van der Waals surface area contributed by atoms with Crippen molar-refractivity contribution in [3.63, 3.8) is 0 Å². The number of allylic oxidation sites excluding steroid dienone is 1. The summed E-state index contributed by atoms with van der Waals surface area (Å²) in [5.41, 5.74) is 1.41. The van der Waals surface area contributed by atoms with Gasteiger partial charge in [0.25, 0.3) is 0 Å². The monoisotopic (exact) mass is 188 g/mol. The van der Waals surface area contributed by atoms with Crippen LogP contribution in [-0.2, 0) is 9.59 Å². The van der Waals surface area contributed by atoms with Gasteiger partial charge in [-0.3, -0.25) is 9.59 Å². The number of benzene rings is 1. The van der Waals surface area contributed by atoms with Crippen molar-refractivity contribution in [3.8, 4) is 0 Å². The van der Waals surface area contributed by atoms with Gasteiger partial charge in [0.15, 0.2) is 5.78 Å². The summed E-state index contributed by atoms with van der Waals surface area (Å²) in [6, 6.07) is 9.45. The highest BCUT2D eigenvalue weighted by molar-refractivity contribution is 6.43. The molecule has 0 aromatic heterocycles. The van der Waals surface area contributed by atoms with Gasteiger partial charge in [-0.05, 0) is 18.6 Å². The van der Waals surface area contributed by atoms with Gasteiger partial charge in [-0.25, -0.2) is 0 Å². The molecule has 0 amide bonds. The topological polar surface area (TPSA) is 34.1 Å². The molecule has 0 unspecified atom stereocenters. The predicted octanol–water partition coefficient (Wildman–Crippen LogP) is 2.25. The molecule has 0 saturated heterocycles. The van der Waals surface area contributed by atoms with Crippen LogP contribution >= 0.6 is 0 Å². The first kappa shape index (κ1) is 10.4. The molecule has 72 valence electrons. The molecule has 0 radical (unpaired) electrons. The van der Waals surface area contributed by atoms with Crippen LogP contribution in [0.15, 0.2) is 35.9 Å². The van der Waals surface area contributed by atoms with E-state index in [4.69, 9.17) is 0 Å². The Labute approximate surface area is 83.3 Å². The molecule has 0 spiro atoms. The molecule has 0 atom stereocenters. The summed E-state index contributed by atoms with van der Waals surface area (Å²) in [6.45, 7) is 2.93. The van der Waals surface area contributed by atoms with Crippen LogP contribution < -0.4 is 0 Å². The van der Waals surface area contributed by atoms with E-state index in [9.17, 15) is 9.59 Å². The van der Waals surface area contributed by atoms with Crippen molar-refractivity contribution in [3.05, 3.63) is 41.5 Å². The summed E-state index contributed by atoms with van der Waals surface area (Å²) in [7, 11) is 0. The second kappa shape index (κ2) is 4.51. The predicted molar refractivity (Wildman–Crippen MR) is 55.8 cm³/mol. The SMILES string of the molecule is CC(=O)C(=O)C(C)=Cc1ccccc1. The number of carbonyl (C=O) groups is 2. The van der Waals surface area contributed by atoms with Crippen LogP contribution in [0.3, 0.4) is 0 Å². The van der Waals surface area contributed by atoms with Gasteiger partial charge in [0, 0.05) is 12.5 Å². The molecule has 2 nitrogen and oxygen atoms in total. The molecule has 0 heterocycles. The average Bonchev–Trinajstić information content (AvgIpc) is 2.18. The van der Waals surface area contributed by atoms with Crippen LogP contribution in [0.2, 0.25) is 0 Å². The van der Waals surface area contributed by atoms with E-state index in [1.165, 1.54) is 6.92 Å². The molecule has 0 aliphatic rings. The molecule has 0 aliphatic carbocycles. The van der Waals surface area contributed by atoms with Crippen LogP contribution in [0.5, 0.6) is 0 Å². The Hall–Kier alpha value is -1.70. The Morgan fingerprint density at radius 3 is 2.14 bits per heavy atom. The molecule has 0 saturated carbocycles. The average molecular weight is 188 g/mol. The molecule has 1 aromatic carbocycles. The van der Waals surface area contributed by atoms with Gasteiger partial charge in [0.05, 0.1) is 0 Å². The van der Waals surface area contributed by atoms with E-state index in [2.05, 4.69) is 0 Å². The minimum atomic E-state index is -0.422. The van der Waals surface area contributed by atoms with Crippen LogP contribution in [0.1, 0.15) is 19.4 Å². The number of hydrogen-bond donors (Lipinski definition) is 0. The lowest BCUT2D eigenvalue weighted by atomic mass is 10.1.